The second-order valence-electron chi connectivity index (χ2n) is 5.41. The minimum Gasteiger partial charge on any atom is -0.478 e. The highest BCUT2D eigenvalue weighted by molar-refractivity contribution is 6.21. The summed E-state index contributed by atoms with van der Waals surface area (Å²) in [6.07, 6.45) is 6.72. The lowest BCUT2D eigenvalue weighted by Crippen LogP contribution is -2.46. The molecule has 0 saturated heterocycles. The Morgan fingerprint density at radius 1 is 1.05 bits per heavy atom. The van der Waals surface area contributed by atoms with Gasteiger partial charge in [-0.05, 0) is 12.2 Å². The van der Waals surface area contributed by atoms with Crippen molar-refractivity contribution in [2.45, 2.75) is 6.04 Å². The van der Waals surface area contributed by atoms with Gasteiger partial charge in [-0.25, -0.2) is 4.79 Å². The van der Waals surface area contributed by atoms with Gasteiger partial charge >= 0.3 is 5.97 Å². The second kappa shape index (κ2) is 4.27. The van der Waals surface area contributed by atoms with E-state index in [9.17, 15) is 19.5 Å². The molecule has 2 unspecified atom stereocenters. The van der Waals surface area contributed by atoms with E-state index < -0.39 is 17.9 Å². The molecule has 1 aliphatic carbocycles. The summed E-state index contributed by atoms with van der Waals surface area (Å²) in [6.45, 7) is 0. The molecule has 0 radical (unpaired) electrons. The molecule has 1 aromatic rings. The van der Waals surface area contributed by atoms with Crippen LogP contribution in [0.2, 0.25) is 0 Å². The normalized spacial score (nSPS) is 25.2. The van der Waals surface area contributed by atoms with Gasteiger partial charge < -0.3 is 10.0 Å². The molecule has 5 nitrogen and oxygen atoms in total. The van der Waals surface area contributed by atoms with Gasteiger partial charge in [-0.3, -0.25) is 9.59 Å². The van der Waals surface area contributed by atoms with E-state index in [-0.39, 0.29) is 17.1 Å². The maximum atomic E-state index is 12.8. The molecule has 0 amide bonds. The Balaban J connectivity index is 1.97. The lowest BCUT2D eigenvalue weighted by Gasteiger charge is -2.31. The zero-order valence-electron chi connectivity index (χ0n) is 11.4. The minimum atomic E-state index is -1.16. The number of benzene rings is 1. The molecule has 1 N–H and O–H groups in total. The van der Waals surface area contributed by atoms with Crippen LogP contribution in [0.3, 0.4) is 0 Å². The number of ketones is 2. The molecule has 0 saturated carbocycles. The molecule has 2 atom stereocenters. The van der Waals surface area contributed by atoms with Gasteiger partial charge in [0.15, 0.2) is 11.6 Å². The number of hydrogen-bond acceptors (Lipinski definition) is 4. The maximum Gasteiger partial charge on any atom is 0.334 e. The van der Waals surface area contributed by atoms with Gasteiger partial charge in [0.2, 0.25) is 0 Å². The molecular weight excluding hydrogens is 282 g/mol. The van der Waals surface area contributed by atoms with Crippen LogP contribution in [-0.4, -0.2) is 33.6 Å². The van der Waals surface area contributed by atoms with Crippen molar-refractivity contribution in [3.8, 4) is 0 Å². The summed E-state index contributed by atoms with van der Waals surface area (Å²) in [4.78, 5) is 38.8. The predicted octanol–water partition coefficient (Wildman–Crippen LogP) is 1.79. The first-order chi connectivity index (χ1) is 10.6. The molecule has 3 aliphatic rings. The first kappa shape index (κ1) is 12.8. The predicted molar refractivity (Wildman–Crippen MR) is 77.2 cm³/mol. The van der Waals surface area contributed by atoms with Gasteiger partial charge in [-0.15, -0.1) is 0 Å². The van der Waals surface area contributed by atoms with E-state index in [1.165, 1.54) is 0 Å². The molecule has 0 bridgehead atoms. The highest BCUT2D eigenvalue weighted by Crippen LogP contribution is 2.43. The van der Waals surface area contributed by atoms with E-state index in [4.69, 9.17) is 0 Å². The van der Waals surface area contributed by atoms with Crippen LogP contribution in [0.5, 0.6) is 0 Å². The molecule has 1 aromatic carbocycles. The van der Waals surface area contributed by atoms with E-state index in [0.29, 0.717) is 16.8 Å². The van der Waals surface area contributed by atoms with Crippen LogP contribution < -0.4 is 0 Å². The van der Waals surface area contributed by atoms with Gasteiger partial charge in [-0.2, -0.15) is 0 Å². The fourth-order valence-electron chi connectivity index (χ4n) is 3.44. The smallest absolute Gasteiger partial charge is 0.334 e. The van der Waals surface area contributed by atoms with E-state index in [2.05, 4.69) is 0 Å². The molecule has 2 heterocycles. The quantitative estimate of drug-likeness (QED) is 0.854. The van der Waals surface area contributed by atoms with E-state index in [0.717, 1.165) is 0 Å². The van der Waals surface area contributed by atoms with Crippen LogP contribution in [0.25, 0.3) is 0 Å². The van der Waals surface area contributed by atoms with Crippen molar-refractivity contribution in [3.63, 3.8) is 0 Å². The van der Waals surface area contributed by atoms with Crippen molar-refractivity contribution in [2.75, 3.05) is 0 Å². The second-order valence-corrected chi connectivity index (χ2v) is 5.41. The number of carbonyl (C=O) groups excluding carboxylic acids is 2. The largest absolute Gasteiger partial charge is 0.478 e. The van der Waals surface area contributed by atoms with Gasteiger partial charge in [0.25, 0.3) is 0 Å². The number of Topliss-reactive ketones (excluding diaryl/α,β-unsaturated/α-hetero) is 2. The molecular formula is C17H11NO4. The SMILES string of the molecule is O=C(O)C1=C2C=CC=CN2C2C(=O)c3ccccc3C(=O)C12. The third-order valence-electron chi connectivity index (χ3n) is 4.33. The third kappa shape index (κ3) is 1.45. The molecule has 22 heavy (non-hydrogen) atoms. The average Bonchev–Trinajstić information content (AvgIpc) is 2.88. The number of aliphatic carboxylic acids is 1. The molecule has 2 aliphatic heterocycles. The van der Waals surface area contributed by atoms with Gasteiger partial charge in [-0.1, -0.05) is 30.3 Å². The lowest BCUT2D eigenvalue weighted by atomic mass is 9.76. The first-order valence-electron chi connectivity index (χ1n) is 6.89. The minimum absolute atomic E-state index is 0.00143. The van der Waals surface area contributed by atoms with E-state index in [1.807, 2.05) is 0 Å². The van der Waals surface area contributed by atoms with Crippen LogP contribution in [-0.2, 0) is 4.79 Å². The fraction of sp³-hybridized carbons (Fsp3) is 0.118. The monoisotopic (exact) mass is 293 g/mol. The highest BCUT2D eigenvalue weighted by Gasteiger charge is 2.53. The Bertz CT molecular complexity index is 831. The summed E-state index contributed by atoms with van der Waals surface area (Å²) in [5, 5.41) is 9.54. The Morgan fingerprint density at radius 3 is 2.41 bits per heavy atom. The number of nitrogens with zero attached hydrogens (tertiary/aromatic N) is 1. The lowest BCUT2D eigenvalue weighted by molar-refractivity contribution is -0.133. The van der Waals surface area contributed by atoms with Crippen LogP contribution in [0.15, 0.2) is 60.0 Å². The number of hydrogen-bond donors (Lipinski definition) is 1. The van der Waals surface area contributed by atoms with Gasteiger partial charge in [0, 0.05) is 17.3 Å². The van der Waals surface area contributed by atoms with Crippen molar-refractivity contribution >= 4 is 17.5 Å². The molecule has 0 spiro atoms. The standard InChI is InChI=1S/C17H11NO4/c19-15-9-5-1-2-6-10(9)16(20)14-13(15)12(17(21)22)11-7-3-4-8-18(11)14/h1-8,13-14H,(H,21,22). The third-order valence-corrected chi connectivity index (χ3v) is 4.33. The molecule has 4 rings (SSSR count). The van der Waals surface area contributed by atoms with Crippen molar-refractivity contribution in [2.24, 2.45) is 5.92 Å². The summed E-state index contributed by atoms with van der Waals surface area (Å²) in [5.41, 5.74) is 1.08. The molecule has 0 aromatic heterocycles. The van der Waals surface area contributed by atoms with Crippen molar-refractivity contribution in [1.29, 1.82) is 0 Å². The Hall–Kier alpha value is -2.95. The summed E-state index contributed by atoms with van der Waals surface area (Å²) in [5.74, 6) is -2.63. The first-order valence-corrected chi connectivity index (χ1v) is 6.89. The van der Waals surface area contributed by atoms with E-state index in [1.54, 1.807) is 53.6 Å². The summed E-state index contributed by atoms with van der Waals surface area (Å²) < 4.78 is 0. The van der Waals surface area contributed by atoms with Crippen LogP contribution in [0.1, 0.15) is 20.7 Å². The van der Waals surface area contributed by atoms with Crippen LogP contribution >= 0.6 is 0 Å². The Morgan fingerprint density at radius 2 is 1.73 bits per heavy atom. The topological polar surface area (TPSA) is 74.7 Å². The zero-order valence-corrected chi connectivity index (χ0v) is 11.4. The Kier molecular flexibility index (Phi) is 2.48. The van der Waals surface area contributed by atoms with Gasteiger partial charge in [0.05, 0.1) is 17.2 Å². The van der Waals surface area contributed by atoms with Gasteiger partial charge in [0.1, 0.15) is 6.04 Å². The number of fused-ring (bicyclic) bond motifs is 4. The van der Waals surface area contributed by atoms with Crippen LogP contribution in [0, 0.1) is 5.92 Å². The summed E-state index contributed by atoms with van der Waals surface area (Å²) in [6, 6.07) is 5.79. The maximum absolute atomic E-state index is 12.8. The fourth-order valence-corrected chi connectivity index (χ4v) is 3.44. The van der Waals surface area contributed by atoms with Crippen LogP contribution in [0.4, 0.5) is 0 Å². The van der Waals surface area contributed by atoms with Crippen molar-refractivity contribution in [1.82, 2.24) is 4.90 Å². The number of carboxylic acids is 1. The Labute approximate surface area is 125 Å². The number of carboxylic acid groups (broad SMARTS) is 1. The highest BCUT2D eigenvalue weighted by atomic mass is 16.4. The number of rotatable bonds is 1. The van der Waals surface area contributed by atoms with Crippen molar-refractivity contribution in [3.05, 3.63) is 71.1 Å². The molecule has 5 heteroatoms. The number of allylic oxidation sites excluding steroid dienone is 3. The van der Waals surface area contributed by atoms with Crippen molar-refractivity contribution < 1.29 is 19.5 Å². The number of carbonyl (C=O) groups is 3. The molecule has 108 valence electrons. The molecule has 0 fully saturated rings. The zero-order chi connectivity index (χ0) is 15.4. The summed E-state index contributed by atoms with van der Waals surface area (Å²) >= 11 is 0. The average molecular weight is 293 g/mol. The summed E-state index contributed by atoms with van der Waals surface area (Å²) in [7, 11) is 0. The van der Waals surface area contributed by atoms with E-state index >= 15 is 0 Å².